The molecule has 0 aromatic carbocycles. The van der Waals surface area contributed by atoms with E-state index in [1.165, 1.54) is 12.0 Å². The highest BCUT2D eigenvalue weighted by atomic mass is 79.9. The molecule has 1 atom stereocenters. The summed E-state index contributed by atoms with van der Waals surface area (Å²) in [6, 6.07) is 1.68. The molecule has 110 valence electrons. The fourth-order valence-corrected chi connectivity index (χ4v) is 3.13. The Kier molecular flexibility index (Phi) is 4.19. The molecule has 1 aliphatic heterocycles. The van der Waals surface area contributed by atoms with E-state index in [9.17, 15) is 14.7 Å². The smallest absolute Gasteiger partial charge is 0.332 e. The molecule has 1 aliphatic rings. The zero-order valence-corrected chi connectivity index (χ0v) is 12.9. The summed E-state index contributed by atoms with van der Waals surface area (Å²) < 4.78 is 10.8. The van der Waals surface area contributed by atoms with Gasteiger partial charge in [-0.2, -0.15) is 0 Å². The third-order valence-corrected chi connectivity index (χ3v) is 3.99. The molecule has 0 spiro atoms. The number of hydrogen-bond donors (Lipinski definition) is 1. The van der Waals surface area contributed by atoms with Gasteiger partial charge in [0.05, 0.1) is 6.61 Å². The molecule has 1 unspecified atom stereocenters. The molecule has 2 rings (SSSR count). The molecule has 0 radical (unpaired) electrons. The number of likely N-dealkylation sites (tertiary alicyclic amines) is 1. The summed E-state index contributed by atoms with van der Waals surface area (Å²) in [6.45, 7) is 2.09. The average Bonchev–Trinajstić information content (AvgIpc) is 2.93. The number of aryl methyl sites for hydroxylation is 1. The maximum atomic E-state index is 12.6. The van der Waals surface area contributed by atoms with Gasteiger partial charge in [0, 0.05) is 19.2 Å². The van der Waals surface area contributed by atoms with Crippen LogP contribution in [0.4, 0.5) is 0 Å². The zero-order chi connectivity index (χ0) is 14.9. The van der Waals surface area contributed by atoms with Gasteiger partial charge in [0.1, 0.15) is 0 Å². The van der Waals surface area contributed by atoms with Gasteiger partial charge in [-0.05, 0) is 41.8 Å². The minimum absolute atomic E-state index is 0.0327. The third kappa shape index (κ3) is 2.35. The first-order chi connectivity index (χ1) is 9.42. The lowest BCUT2D eigenvalue weighted by molar-refractivity contribution is -0.151. The number of ether oxygens (including phenoxy) is 1. The van der Waals surface area contributed by atoms with Crippen LogP contribution in [-0.4, -0.2) is 47.7 Å². The first-order valence-electron chi connectivity index (χ1n) is 6.22. The van der Waals surface area contributed by atoms with Crippen LogP contribution in [0.2, 0.25) is 0 Å². The van der Waals surface area contributed by atoms with Crippen molar-refractivity contribution in [2.45, 2.75) is 25.3 Å². The lowest BCUT2D eigenvalue weighted by Gasteiger charge is -2.33. The van der Waals surface area contributed by atoms with E-state index in [1.54, 1.807) is 13.0 Å². The highest BCUT2D eigenvalue weighted by molar-refractivity contribution is 9.10. The Labute approximate surface area is 124 Å². The number of carbonyl (C=O) groups is 2. The second-order valence-electron chi connectivity index (χ2n) is 4.89. The van der Waals surface area contributed by atoms with Crippen LogP contribution < -0.4 is 0 Å². The number of furan rings is 1. The van der Waals surface area contributed by atoms with Crippen LogP contribution in [-0.2, 0) is 9.53 Å². The van der Waals surface area contributed by atoms with E-state index < -0.39 is 17.4 Å². The monoisotopic (exact) mass is 345 g/mol. The Morgan fingerprint density at radius 1 is 1.60 bits per heavy atom. The average molecular weight is 346 g/mol. The Bertz CT molecular complexity index is 541. The number of hydrogen-bond acceptors (Lipinski definition) is 4. The van der Waals surface area contributed by atoms with Crippen molar-refractivity contribution in [3.8, 4) is 0 Å². The molecule has 6 nitrogen and oxygen atoms in total. The van der Waals surface area contributed by atoms with Gasteiger partial charge in [0.15, 0.2) is 16.0 Å². The Morgan fingerprint density at radius 2 is 2.30 bits per heavy atom. The number of aliphatic carboxylic acids is 1. The second-order valence-corrected chi connectivity index (χ2v) is 5.67. The molecule has 1 aromatic rings. The third-order valence-electron chi connectivity index (χ3n) is 3.60. The molecule has 2 heterocycles. The van der Waals surface area contributed by atoms with Gasteiger partial charge in [0.2, 0.25) is 0 Å². The van der Waals surface area contributed by atoms with Crippen molar-refractivity contribution in [1.29, 1.82) is 0 Å². The van der Waals surface area contributed by atoms with Gasteiger partial charge in [0.25, 0.3) is 5.91 Å². The standard InChI is InChI=1S/C13H16BrNO5/c1-8-6-9(14)20-10(8)11(16)15-5-3-4-13(15,7-19-2)12(17)18/h6H,3-5,7H2,1-2H3,(H,17,18). The number of halogens is 1. The molecule has 20 heavy (non-hydrogen) atoms. The van der Waals surface area contributed by atoms with E-state index in [0.29, 0.717) is 29.6 Å². The number of carboxylic acids is 1. The summed E-state index contributed by atoms with van der Waals surface area (Å²) in [6.07, 6.45) is 1.01. The van der Waals surface area contributed by atoms with Crippen LogP contribution in [0.25, 0.3) is 0 Å². The summed E-state index contributed by atoms with van der Waals surface area (Å²) in [5.41, 5.74) is -0.636. The first-order valence-corrected chi connectivity index (χ1v) is 7.02. The van der Waals surface area contributed by atoms with Crippen LogP contribution >= 0.6 is 15.9 Å². The van der Waals surface area contributed by atoms with Gasteiger partial charge in [-0.25, -0.2) is 4.79 Å². The van der Waals surface area contributed by atoms with Gasteiger partial charge in [-0.3, -0.25) is 4.79 Å². The zero-order valence-electron chi connectivity index (χ0n) is 11.3. The van der Waals surface area contributed by atoms with E-state index >= 15 is 0 Å². The molecule has 1 N–H and O–H groups in total. The van der Waals surface area contributed by atoms with Crippen molar-refractivity contribution in [2.75, 3.05) is 20.3 Å². The fourth-order valence-electron chi connectivity index (χ4n) is 2.63. The van der Waals surface area contributed by atoms with E-state index in [2.05, 4.69) is 15.9 Å². The highest BCUT2D eigenvalue weighted by Crippen LogP contribution is 2.33. The number of amides is 1. The molecular weight excluding hydrogens is 330 g/mol. The number of carbonyl (C=O) groups excluding carboxylic acids is 1. The molecule has 1 fully saturated rings. The Hall–Kier alpha value is -1.34. The van der Waals surface area contributed by atoms with E-state index in [-0.39, 0.29) is 12.4 Å². The van der Waals surface area contributed by atoms with Crippen LogP contribution in [0, 0.1) is 6.92 Å². The van der Waals surface area contributed by atoms with Crippen molar-refractivity contribution < 1.29 is 23.8 Å². The van der Waals surface area contributed by atoms with E-state index in [4.69, 9.17) is 9.15 Å². The SMILES string of the molecule is COCC1(C(=O)O)CCCN1C(=O)c1oc(Br)cc1C. The lowest BCUT2D eigenvalue weighted by Crippen LogP contribution is -2.56. The van der Waals surface area contributed by atoms with Gasteiger partial charge >= 0.3 is 5.97 Å². The summed E-state index contributed by atoms with van der Waals surface area (Å²) in [5, 5.41) is 9.52. The van der Waals surface area contributed by atoms with Gasteiger partial charge < -0.3 is 19.2 Å². The van der Waals surface area contributed by atoms with Crippen LogP contribution in [0.5, 0.6) is 0 Å². The maximum Gasteiger partial charge on any atom is 0.332 e. The molecular formula is C13H16BrNO5. The molecule has 0 saturated carbocycles. The lowest BCUT2D eigenvalue weighted by atomic mass is 9.97. The fraction of sp³-hybridized carbons (Fsp3) is 0.538. The largest absolute Gasteiger partial charge is 0.479 e. The second kappa shape index (κ2) is 5.57. The minimum atomic E-state index is -1.31. The number of nitrogens with zero attached hydrogens (tertiary/aromatic N) is 1. The summed E-state index contributed by atoms with van der Waals surface area (Å²) in [5.74, 6) is -1.29. The summed E-state index contributed by atoms with van der Waals surface area (Å²) in [4.78, 5) is 25.5. The highest BCUT2D eigenvalue weighted by Gasteiger charge is 2.51. The van der Waals surface area contributed by atoms with Crippen molar-refractivity contribution in [3.05, 3.63) is 22.1 Å². The predicted octanol–water partition coefficient (Wildman–Crippen LogP) is 2.06. The quantitative estimate of drug-likeness (QED) is 0.903. The maximum absolute atomic E-state index is 12.6. The Morgan fingerprint density at radius 3 is 2.80 bits per heavy atom. The van der Waals surface area contributed by atoms with Gasteiger partial charge in [-0.1, -0.05) is 0 Å². The van der Waals surface area contributed by atoms with Crippen molar-refractivity contribution in [3.63, 3.8) is 0 Å². The number of methoxy groups -OCH3 is 1. The van der Waals surface area contributed by atoms with Crippen LogP contribution in [0.15, 0.2) is 15.2 Å². The molecule has 1 saturated heterocycles. The van der Waals surface area contributed by atoms with Crippen molar-refractivity contribution in [2.24, 2.45) is 0 Å². The minimum Gasteiger partial charge on any atom is -0.479 e. The summed E-state index contributed by atoms with van der Waals surface area (Å²) in [7, 11) is 1.43. The molecule has 0 aliphatic carbocycles. The van der Waals surface area contributed by atoms with Crippen molar-refractivity contribution in [1.82, 2.24) is 4.90 Å². The first kappa shape index (κ1) is 15.1. The molecule has 0 bridgehead atoms. The molecule has 1 amide bonds. The van der Waals surface area contributed by atoms with Crippen molar-refractivity contribution >= 4 is 27.8 Å². The van der Waals surface area contributed by atoms with Crippen LogP contribution in [0.1, 0.15) is 29.0 Å². The number of rotatable bonds is 4. The van der Waals surface area contributed by atoms with E-state index in [0.717, 1.165) is 0 Å². The Balaban J connectivity index is 2.37. The normalized spacial score (nSPS) is 22.2. The molecule has 7 heteroatoms. The predicted molar refractivity (Wildman–Crippen MR) is 73.7 cm³/mol. The van der Waals surface area contributed by atoms with E-state index in [1.807, 2.05) is 0 Å². The number of carboxylic acid groups (broad SMARTS) is 1. The molecule has 1 aromatic heterocycles. The topological polar surface area (TPSA) is 80.0 Å². The van der Waals surface area contributed by atoms with Gasteiger partial charge in [-0.15, -0.1) is 0 Å². The van der Waals surface area contributed by atoms with Crippen LogP contribution in [0.3, 0.4) is 0 Å². The summed E-state index contributed by atoms with van der Waals surface area (Å²) >= 11 is 3.17.